The zero-order valence-electron chi connectivity index (χ0n) is 11.1. The van der Waals surface area contributed by atoms with Gasteiger partial charge in [0.05, 0.1) is 0 Å². The molecular formula is C12H15F3N4O2. The van der Waals surface area contributed by atoms with E-state index >= 15 is 0 Å². The van der Waals surface area contributed by atoms with Crippen LogP contribution in [0.15, 0.2) is 10.7 Å². The van der Waals surface area contributed by atoms with E-state index in [4.69, 9.17) is 5.73 Å². The monoisotopic (exact) mass is 304 g/mol. The van der Waals surface area contributed by atoms with Gasteiger partial charge in [-0.25, -0.2) is 4.79 Å². The third kappa shape index (κ3) is 2.45. The summed E-state index contributed by atoms with van der Waals surface area (Å²) in [7, 11) is 0. The van der Waals surface area contributed by atoms with E-state index in [0.29, 0.717) is 19.4 Å². The second kappa shape index (κ2) is 4.62. The summed E-state index contributed by atoms with van der Waals surface area (Å²) in [6.45, 7) is 0.908. The van der Waals surface area contributed by atoms with Gasteiger partial charge >= 0.3 is 18.2 Å². The number of amides is 2. The Morgan fingerprint density at radius 2 is 2.24 bits per heavy atom. The minimum atomic E-state index is -4.60. The fourth-order valence-corrected chi connectivity index (χ4v) is 2.94. The molecule has 1 unspecified atom stereocenters. The highest BCUT2D eigenvalue weighted by atomic mass is 19.4. The Bertz CT molecular complexity index is 553. The zero-order valence-corrected chi connectivity index (χ0v) is 11.1. The van der Waals surface area contributed by atoms with Crippen molar-refractivity contribution in [3.8, 4) is 0 Å². The number of nitrogens with zero attached hydrogens (tertiary/aromatic N) is 2. The van der Waals surface area contributed by atoms with E-state index in [1.165, 1.54) is 4.90 Å². The third-order valence-electron chi connectivity index (χ3n) is 4.35. The smallest absolute Gasteiger partial charge is 0.431 e. The largest absolute Gasteiger partial charge is 0.436 e. The molecule has 2 fully saturated rings. The van der Waals surface area contributed by atoms with Gasteiger partial charge in [0, 0.05) is 24.5 Å². The van der Waals surface area contributed by atoms with Crippen LogP contribution in [0, 0.1) is 5.41 Å². The van der Waals surface area contributed by atoms with Gasteiger partial charge in [0.1, 0.15) is 6.26 Å². The second-order valence-electron chi connectivity index (χ2n) is 5.67. The maximum atomic E-state index is 12.4. The van der Waals surface area contributed by atoms with Crippen molar-refractivity contribution in [3.63, 3.8) is 0 Å². The predicted molar refractivity (Wildman–Crippen MR) is 66.4 cm³/mol. The molecule has 3 rings (SSSR count). The summed E-state index contributed by atoms with van der Waals surface area (Å²) in [5.74, 6) is 0. The maximum absolute atomic E-state index is 12.4. The topological polar surface area (TPSA) is 84.4 Å². The molecule has 1 aliphatic heterocycles. The molecule has 1 saturated carbocycles. The van der Waals surface area contributed by atoms with E-state index in [1.54, 1.807) is 0 Å². The number of nitrogens with two attached hydrogens (primary N) is 1. The standard InChI is InChI=1S/C12H15F3N4O2/c13-12(14,15)8-5-21-9(17-8)18-10(20)19-4-7(16)11(6-19)2-1-3-11/h5,7H,1-4,6,16H2,(H,17,18,20). The van der Waals surface area contributed by atoms with Crippen LogP contribution < -0.4 is 11.1 Å². The summed E-state index contributed by atoms with van der Waals surface area (Å²) in [5, 5.41) is 2.24. The molecule has 1 aromatic rings. The number of rotatable bonds is 1. The molecule has 0 bridgehead atoms. The number of hydrogen-bond acceptors (Lipinski definition) is 4. The highest BCUT2D eigenvalue weighted by molar-refractivity contribution is 5.87. The number of hydrogen-bond donors (Lipinski definition) is 2. The molecule has 1 aliphatic carbocycles. The summed E-state index contributed by atoms with van der Waals surface area (Å²) in [6, 6.07) is -1.09. The molecule has 116 valence electrons. The summed E-state index contributed by atoms with van der Waals surface area (Å²) >= 11 is 0. The number of anilines is 1. The van der Waals surface area contributed by atoms with Gasteiger partial charge in [-0.15, -0.1) is 0 Å². The van der Waals surface area contributed by atoms with Crippen molar-refractivity contribution in [2.45, 2.75) is 31.5 Å². The fraction of sp³-hybridized carbons (Fsp3) is 0.667. The summed E-state index contributed by atoms with van der Waals surface area (Å²) < 4.78 is 41.8. The van der Waals surface area contributed by atoms with Gasteiger partial charge in [-0.05, 0) is 12.8 Å². The molecule has 1 aromatic heterocycles. The number of carbonyl (C=O) groups excluding carboxylic acids is 1. The van der Waals surface area contributed by atoms with E-state index in [1.807, 2.05) is 0 Å². The Labute approximate surface area is 118 Å². The first-order valence-electron chi connectivity index (χ1n) is 6.64. The molecule has 3 N–H and O–H groups in total. The fourth-order valence-electron chi connectivity index (χ4n) is 2.94. The number of oxazole rings is 1. The van der Waals surface area contributed by atoms with Crippen molar-refractivity contribution in [2.75, 3.05) is 18.4 Å². The Morgan fingerprint density at radius 3 is 2.71 bits per heavy atom. The van der Waals surface area contributed by atoms with E-state index < -0.39 is 23.9 Å². The number of aromatic nitrogens is 1. The highest BCUT2D eigenvalue weighted by Crippen LogP contribution is 2.47. The van der Waals surface area contributed by atoms with E-state index in [9.17, 15) is 18.0 Å². The van der Waals surface area contributed by atoms with Crippen LogP contribution >= 0.6 is 0 Å². The van der Waals surface area contributed by atoms with Gasteiger partial charge < -0.3 is 15.1 Å². The van der Waals surface area contributed by atoms with Crippen molar-refractivity contribution in [1.29, 1.82) is 0 Å². The van der Waals surface area contributed by atoms with Crippen molar-refractivity contribution in [3.05, 3.63) is 12.0 Å². The SMILES string of the molecule is NC1CN(C(=O)Nc2nc(C(F)(F)F)co2)CC12CCC2. The van der Waals surface area contributed by atoms with E-state index in [-0.39, 0.29) is 11.5 Å². The molecule has 21 heavy (non-hydrogen) atoms. The minimum absolute atomic E-state index is 0.0228. The average molecular weight is 304 g/mol. The first-order chi connectivity index (χ1) is 9.80. The van der Waals surface area contributed by atoms with Crippen molar-refractivity contribution in [2.24, 2.45) is 11.1 Å². The molecule has 1 atom stereocenters. The van der Waals surface area contributed by atoms with Crippen LogP contribution in [0.3, 0.4) is 0 Å². The minimum Gasteiger partial charge on any atom is -0.431 e. The molecule has 2 amide bonds. The molecule has 1 spiro atoms. The zero-order chi connectivity index (χ0) is 15.3. The van der Waals surface area contributed by atoms with Crippen LogP contribution in [-0.4, -0.2) is 35.0 Å². The number of halogens is 3. The van der Waals surface area contributed by atoms with Crippen LogP contribution in [0.1, 0.15) is 25.0 Å². The lowest BCUT2D eigenvalue weighted by Gasteiger charge is -2.41. The molecule has 0 aromatic carbocycles. The summed E-state index contributed by atoms with van der Waals surface area (Å²) in [6.07, 6.45) is -1.07. The number of carbonyl (C=O) groups is 1. The molecule has 0 radical (unpaired) electrons. The molecule has 2 aliphatic rings. The quantitative estimate of drug-likeness (QED) is 0.831. The van der Waals surface area contributed by atoms with Crippen LogP contribution in [0.25, 0.3) is 0 Å². The lowest BCUT2D eigenvalue weighted by molar-refractivity contribution is -0.141. The van der Waals surface area contributed by atoms with Crippen LogP contribution in [0.4, 0.5) is 24.0 Å². The molecule has 1 saturated heterocycles. The van der Waals surface area contributed by atoms with Gasteiger partial charge in [0.2, 0.25) is 0 Å². The summed E-state index contributed by atoms with van der Waals surface area (Å²) in [5.41, 5.74) is 4.85. The van der Waals surface area contributed by atoms with Crippen molar-refractivity contribution in [1.82, 2.24) is 9.88 Å². The first kappa shape index (κ1) is 14.2. The normalized spacial score (nSPS) is 24.2. The summed E-state index contributed by atoms with van der Waals surface area (Å²) in [4.78, 5) is 16.7. The van der Waals surface area contributed by atoms with Crippen molar-refractivity contribution >= 4 is 12.0 Å². The predicted octanol–water partition coefficient (Wildman–Crippen LogP) is 2.04. The van der Waals surface area contributed by atoms with E-state index in [2.05, 4.69) is 14.7 Å². The Hall–Kier alpha value is -1.77. The Balaban J connectivity index is 1.63. The van der Waals surface area contributed by atoms with Gasteiger partial charge in [-0.3, -0.25) is 5.32 Å². The molecule has 9 heteroatoms. The first-order valence-corrected chi connectivity index (χ1v) is 6.64. The number of likely N-dealkylation sites (tertiary alicyclic amines) is 1. The number of alkyl halides is 3. The Kier molecular flexibility index (Phi) is 3.12. The van der Waals surface area contributed by atoms with Gasteiger partial charge in [0.15, 0.2) is 5.69 Å². The van der Waals surface area contributed by atoms with E-state index in [0.717, 1.165) is 19.3 Å². The highest BCUT2D eigenvalue weighted by Gasteiger charge is 2.50. The van der Waals surface area contributed by atoms with Gasteiger partial charge in [-0.1, -0.05) is 6.42 Å². The molecular weight excluding hydrogens is 289 g/mol. The lowest BCUT2D eigenvalue weighted by Crippen LogP contribution is -2.45. The third-order valence-corrected chi connectivity index (χ3v) is 4.35. The maximum Gasteiger partial charge on any atom is 0.436 e. The van der Waals surface area contributed by atoms with Gasteiger partial charge in [0.25, 0.3) is 0 Å². The number of urea groups is 1. The van der Waals surface area contributed by atoms with Gasteiger partial charge in [-0.2, -0.15) is 18.2 Å². The lowest BCUT2D eigenvalue weighted by atomic mass is 9.66. The van der Waals surface area contributed by atoms with Crippen LogP contribution in [0.5, 0.6) is 0 Å². The van der Waals surface area contributed by atoms with Crippen LogP contribution in [-0.2, 0) is 6.18 Å². The number of nitrogens with one attached hydrogen (secondary N) is 1. The van der Waals surface area contributed by atoms with Crippen molar-refractivity contribution < 1.29 is 22.4 Å². The molecule has 6 nitrogen and oxygen atoms in total. The Morgan fingerprint density at radius 1 is 1.52 bits per heavy atom. The second-order valence-corrected chi connectivity index (χ2v) is 5.67. The molecule has 2 heterocycles. The van der Waals surface area contributed by atoms with Crippen LogP contribution in [0.2, 0.25) is 0 Å². The average Bonchev–Trinajstić information content (AvgIpc) is 2.91.